The van der Waals surface area contributed by atoms with Crippen LogP contribution in [0.25, 0.3) is 0 Å². The molecule has 0 aromatic carbocycles. The molecule has 44 valence electrons. The molecule has 0 aromatic rings. The fraction of sp³-hybridized carbons (Fsp3) is 0. The van der Waals surface area contributed by atoms with E-state index in [9.17, 15) is 0 Å². The van der Waals surface area contributed by atoms with Crippen molar-refractivity contribution >= 4 is 83.5 Å². The van der Waals surface area contributed by atoms with Crippen LogP contribution < -0.4 is 0 Å². The first-order chi connectivity index (χ1) is 2.00. The van der Waals surface area contributed by atoms with Gasteiger partial charge in [-0.1, -0.05) is 0 Å². The molecular formula is H9BCaNaO4P. The van der Waals surface area contributed by atoms with Gasteiger partial charge in [-0.3, -0.25) is 0 Å². The van der Waals surface area contributed by atoms with Crippen molar-refractivity contribution in [2.24, 2.45) is 0 Å². The molecule has 8 heavy (non-hydrogen) atoms. The van der Waals surface area contributed by atoms with Gasteiger partial charge in [-0.15, -0.1) is 0 Å². The molecule has 0 bridgehead atoms. The molecule has 0 saturated heterocycles. The zero-order chi connectivity index (χ0) is 4.50. The predicted molar refractivity (Wildman–Crippen MR) is 39.9 cm³/mol. The van der Waals surface area contributed by atoms with Crippen molar-refractivity contribution in [3.63, 3.8) is 0 Å². The van der Waals surface area contributed by atoms with Crippen molar-refractivity contribution in [2.45, 2.75) is 0 Å². The zero-order valence-corrected chi connectivity index (χ0v) is 3.09. The third kappa shape index (κ3) is 78.7. The van der Waals surface area contributed by atoms with Gasteiger partial charge in [-0.25, -0.2) is 4.57 Å². The molecule has 0 unspecified atom stereocenters. The molecule has 0 aromatic heterocycles. The summed E-state index contributed by atoms with van der Waals surface area (Å²) in [6.07, 6.45) is 0. The van der Waals surface area contributed by atoms with Crippen LogP contribution >= 0.6 is 7.82 Å². The Morgan fingerprint density at radius 2 is 1.12 bits per heavy atom. The normalized spacial score (nSPS) is 7.38. The van der Waals surface area contributed by atoms with Crippen LogP contribution in [0.3, 0.4) is 0 Å². The van der Waals surface area contributed by atoms with Gasteiger partial charge in [0.2, 0.25) is 0 Å². The molecule has 0 saturated carbocycles. The molecule has 0 aliphatic rings. The first-order valence-electron chi connectivity index (χ1n) is 0.783. The van der Waals surface area contributed by atoms with Crippen LogP contribution in [0.1, 0.15) is 0 Å². The predicted octanol–water partition coefficient (Wildman–Crippen LogP) is -3.68. The molecule has 0 aliphatic carbocycles. The number of rotatable bonds is 0. The molecule has 0 heterocycles. The van der Waals surface area contributed by atoms with Crippen LogP contribution in [-0.4, -0.2) is 90.4 Å². The van der Waals surface area contributed by atoms with Crippen molar-refractivity contribution in [3.05, 3.63) is 0 Å². The van der Waals surface area contributed by atoms with E-state index in [1.807, 2.05) is 0 Å². The summed E-state index contributed by atoms with van der Waals surface area (Å²) in [6.45, 7) is 0. The monoisotopic (exact) mass is 178 g/mol. The second kappa shape index (κ2) is 9.43. The van der Waals surface area contributed by atoms with Gasteiger partial charge in [0.25, 0.3) is 0 Å². The van der Waals surface area contributed by atoms with Crippen molar-refractivity contribution in [3.8, 4) is 0 Å². The fourth-order valence-electron chi connectivity index (χ4n) is 0. The summed E-state index contributed by atoms with van der Waals surface area (Å²) in [6, 6.07) is 0. The quantitative estimate of drug-likeness (QED) is 0.263. The van der Waals surface area contributed by atoms with Gasteiger partial charge in [0.05, 0.1) is 8.41 Å². The first kappa shape index (κ1) is 22.4. The van der Waals surface area contributed by atoms with E-state index in [4.69, 9.17) is 19.2 Å². The SMILES string of the molecule is B.O=P(O)(O)O.[CaH2].[NaH]. The van der Waals surface area contributed by atoms with Gasteiger partial charge in [0.1, 0.15) is 0 Å². The topological polar surface area (TPSA) is 77.8 Å². The molecule has 4 nitrogen and oxygen atoms in total. The van der Waals surface area contributed by atoms with Gasteiger partial charge in [-0.05, 0) is 0 Å². The average molecular weight is 178 g/mol. The summed E-state index contributed by atoms with van der Waals surface area (Å²) >= 11 is 0. The van der Waals surface area contributed by atoms with E-state index in [-0.39, 0.29) is 75.7 Å². The van der Waals surface area contributed by atoms with E-state index >= 15 is 0 Å². The van der Waals surface area contributed by atoms with Gasteiger partial charge in [-0.2, -0.15) is 0 Å². The molecule has 0 rings (SSSR count). The maximum absolute atomic E-state index is 8.88. The molecular weight excluding hydrogens is 169 g/mol. The average Bonchev–Trinajstić information content (AvgIpc) is 0.722. The summed E-state index contributed by atoms with van der Waals surface area (Å²) in [5, 5.41) is 0. The zero-order valence-electron chi connectivity index (χ0n) is 2.20. The Balaban J connectivity index is -0.0000000267. The van der Waals surface area contributed by atoms with E-state index in [2.05, 4.69) is 0 Å². The number of hydrogen-bond donors (Lipinski definition) is 3. The van der Waals surface area contributed by atoms with E-state index in [0.29, 0.717) is 0 Å². The minimum atomic E-state index is -4.64. The molecule has 3 N–H and O–H groups in total. The van der Waals surface area contributed by atoms with Gasteiger partial charge in [0.15, 0.2) is 0 Å². The molecule has 0 atom stereocenters. The summed E-state index contributed by atoms with van der Waals surface area (Å²) in [4.78, 5) is 21.6. The molecule has 0 amide bonds. The standard InChI is InChI=1S/BH3.Ca.Na.H3O4P.3H/c;;;1-5(2,3)4;;;/h1H3;;;(H3,1,2,3,4);;;. The molecule has 0 fully saturated rings. The van der Waals surface area contributed by atoms with E-state index in [0.717, 1.165) is 0 Å². The van der Waals surface area contributed by atoms with Gasteiger partial charge in [0, 0.05) is 0 Å². The number of phosphoric acid groups is 1. The van der Waals surface area contributed by atoms with Crippen LogP contribution in [0.4, 0.5) is 0 Å². The Bertz CT molecular complexity index is 62.2. The van der Waals surface area contributed by atoms with Crippen LogP contribution in [0.15, 0.2) is 0 Å². The van der Waals surface area contributed by atoms with Gasteiger partial charge < -0.3 is 14.7 Å². The van der Waals surface area contributed by atoms with E-state index < -0.39 is 7.82 Å². The van der Waals surface area contributed by atoms with Crippen molar-refractivity contribution in [1.82, 2.24) is 0 Å². The third-order valence-electron chi connectivity index (χ3n) is 0. The van der Waals surface area contributed by atoms with Crippen molar-refractivity contribution in [1.29, 1.82) is 0 Å². The minimum absolute atomic E-state index is 0. The molecule has 0 radical (unpaired) electrons. The Morgan fingerprint density at radius 3 is 1.12 bits per heavy atom. The van der Waals surface area contributed by atoms with Crippen LogP contribution in [0, 0.1) is 0 Å². The number of hydrogen-bond acceptors (Lipinski definition) is 1. The summed E-state index contributed by atoms with van der Waals surface area (Å²) < 4.78 is 8.88. The summed E-state index contributed by atoms with van der Waals surface area (Å²) in [5.41, 5.74) is 0. The van der Waals surface area contributed by atoms with Crippen LogP contribution in [0.2, 0.25) is 0 Å². The van der Waals surface area contributed by atoms with E-state index in [1.165, 1.54) is 0 Å². The first-order valence-corrected chi connectivity index (χ1v) is 2.35. The van der Waals surface area contributed by atoms with Crippen molar-refractivity contribution < 1.29 is 19.2 Å². The molecule has 0 spiro atoms. The summed E-state index contributed by atoms with van der Waals surface area (Å²) in [5.74, 6) is 0. The molecule has 8 heteroatoms. The molecule has 0 aliphatic heterocycles. The van der Waals surface area contributed by atoms with E-state index in [1.54, 1.807) is 0 Å². The Kier molecular flexibility index (Phi) is 26.5. The Morgan fingerprint density at radius 1 is 1.12 bits per heavy atom. The second-order valence-corrected chi connectivity index (χ2v) is 1.54. The third-order valence-corrected chi connectivity index (χ3v) is 0. The second-order valence-electron chi connectivity index (χ2n) is 0.513. The van der Waals surface area contributed by atoms with Crippen molar-refractivity contribution in [2.75, 3.05) is 0 Å². The fourth-order valence-corrected chi connectivity index (χ4v) is 0. The van der Waals surface area contributed by atoms with Crippen LogP contribution in [0.5, 0.6) is 0 Å². The van der Waals surface area contributed by atoms with Gasteiger partial charge >= 0.3 is 75.1 Å². The Labute approximate surface area is 101 Å². The van der Waals surface area contributed by atoms with Crippen LogP contribution in [-0.2, 0) is 4.57 Å². The Hall–Kier alpha value is 2.43. The maximum atomic E-state index is 8.88. The summed E-state index contributed by atoms with van der Waals surface area (Å²) in [7, 11) is -4.64.